The zero-order valence-electron chi connectivity index (χ0n) is 13.2. The van der Waals surface area contributed by atoms with Crippen LogP contribution in [0.2, 0.25) is 0 Å². The maximum absolute atomic E-state index is 14.0. The standard InChI is InChI=1S/C17H12FN5OS/c1-10-8-25-15(21-10)6-14(24)13-5-11(7-23-9-20-22-17(13)23)12-3-2-4-19-16(12)18/h2-5,7-9H,6H2,1H3. The summed E-state index contributed by atoms with van der Waals surface area (Å²) < 4.78 is 15.7. The molecule has 8 heteroatoms. The number of carbonyl (C=O) groups is 1. The van der Waals surface area contributed by atoms with Crippen LogP contribution in [0.1, 0.15) is 21.1 Å². The summed E-state index contributed by atoms with van der Waals surface area (Å²) in [4.78, 5) is 20.8. The molecule has 25 heavy (non-hydrogen) atoms. The average molecular weight is 353 g/mol. The fraction of sp³-hybridized carbons (Fsp3) is 0.118. The highest BCUT2D eigenvalue weighted by molar-refractivity contribution is 7.09. The predicted molar refractivity (Wildman–Crippen MR) is 91.1 cm³/mol. The van der Waals surface area contributed by atoms with E-state index in [0.717, 1.165) is 10.7 Å². The highest BCUT2D eigenvalue weighted by atomic mass is 32.1. The summed E-state index contributed by atoms with van der Waals surface area (Å²) in [5.74, 6) is -0.734. The van der Waals surface area contributed by atoms with E-state index in [4.69, 9.17) is 0 Å². The smallest absolute Gasteiger partial charge is 0.220 e. The molecule has 0 N–H and O–H groups in total. The van der Waals surface area contributed by atoms with Gasteiger partial charge in [-0.25, -0.2) is 9.97 Å². The Morgan fingerprint density at radius 1 is 1.40 bits per heavy atom. The highest BCUT2D eigenvalue weighted by Crippen LogP contribution is 2.25. The van der Waals surface area contributed by atoms with Crippen LogP contribution in [-0.4, -0.2) is 30.3 Å². The molecule has 0 saturated heterocycles. The Labute approximate surface area is 146 Å². The molecule has 4 rings (SSSR count). The topological polar surface area (TPSA) is 73.0 Å². The molecule has 0 amide bonds. The van der Waals surface area contributed by atoms with Crippen molar-refractivity contribution in [2.24, 2.45) is 0 Å². The van der Waals surface area contributed by atoms with Crippen molar-refractivity contribution in [1.82, 2.24) is 24.6 Å². The van der Waals surface area contributed by atoms with Crippen molar-refractivity contribution in [3.63, 3.8) is 0 Å². The SMILES string of the molecule is Cc1csc(CC(=O)c2cc(-c3cccnc3F)cn3cnnc23)n1. The summed E-state index contributed by atoms with van der Waals surface area (Å²) in [5.41, 5.74) is 2.55. The Morgan fingerprint density at radius 3 is 3.04 bits per heavy atom. The normalized spacial score (nSPS) is 11.1. The third-order valence-corrected chi connectivity index (χ3v) is 4.71. The van der Waals surface area contributed by atoms with Crippen LogP contribution in [0.25, 0.3) is 16.8 Å². The Bertz CT molecular complexity index is 1090. The van der Waals surface area contributed by atoms with Crippen LogP contribution in [0.3, 0.4) is 0 Å². The second-order valence-corrected chi connectivity index (χ2v) is 6.47. The number of hydrogen-bond donors (Lipinski definition) is 0. The number of hydrogen-bond acceptors (Lipinski definition) is 6. The number of fused-ring (bicyclic) bond motifs is 1. The van der Waals surface area contributed by atoms with Crippen LogP contribution >= 0.6 is 11.3 Å². The van der Waals surface area contributed by atoms with Gasteiger partial charge in [0.25, 0.3) is 0 Å². The molecule has 0 fully saturated rings. The summed E-state index contributed by atoms with van der Waals surface area (Å²) >= 11 is 1.44. The van der Waals surface area contributed by atoms with Crippen molar-refractivity contribution in [1.29, 1.82) is 0 Å². The number of rotatable bonds is 4. The lowest BCUT2D eigenvalue weighted by Gasteiger charge is -2.07. The summed E-state index contributed by atoms with van der Waals surface area (Å²) in [5, 5.41) is 10.5. The fourth-order valence-electron chi connectivity index (χ4n) is 2.61. The van der Waals surface area contributed by atoms with Crippen LogP contribution in [0.15, 0.2) is 42.3 Å². The average Bonchev–Trinajstić information content (AvgIpc) is 3.23. The number of Topliss-reactive ketones (excluding diaryl/α,β-unsaturated/α-hetero) is 1. The van der Waals surface area contributed by atoms with E-state index in [1.165, 1.54) is 23.9 Å². The maximum atomic E-state index is 14.0. The molecule has 4 aromatic rings. The van der Waals surface area contributed by atoms with Gasteiger partial charge in [0.1, 0.15) is 11.3 Å². The number of aryl methyl sites for hydroxylation is 1. The van der Waals surface area contributed by atoms with Gasteiger partial charge in [-0.1, -0.05) is 0 Å². The molecule has 0 radical (unpaired) electrons. The third-order valence-electron chi connectivity index (χ3n) is 3.74. The van der Waals surface area contributed by atoms with Crippen LogP contribution in [0.4, 0.5) is 4.39 Å². The monoisotopic (exact) mass is 353 g/mol. The first-order valence-corrected chi connectivity index (χ1v) is 8.38. The molecule has 124 valence electrons. The molecule has 4 aromatic heterocycles. The Hall–Kier alpha value is -3.00. The van der Waals surface area contributed by atoms with Crippen molar-refractivity contribution in [2.75, 3.05) is 0 Å². The van der Waals surface area contributed by atoms with Gasteiger partial charge in [0.05, 0.1) is 12.0 Å². The first-order valence-electron chi connectivity index (χ1n) is 7.50. The van der Waals surface area contributed by atoms with E-state index < -0.39 is 5.95 Å². The van der Waals surface area contributed by atoms with Crippen molar-refractivity contribution >= 4 is 22.8 Å². The number of thiazole rings is 1. The largest absolute Gasteiger partial charge is 0.294 e. The van der Waals surface area contributed by atoms with Gasteiger partial charge in [-0.3, -0.25) is 9.20 Å². The molecular formula is C17H12FN5OS. The molecular weight excluding hydrogens is 341 g/mol. The quantitative estimate of drug-likeness (QED) is 0.416. The van der Waals surface area contributed by atoms with E-state index in [-0.39, 0.29) is 12.2 Å². The van der Waals surface area contributed by atoms with E-state index in [2.05, 4.69) is 20.2 Å². The molecule has 0 aromatic carbocycles. The number of carbonyl (C=O) groups excluding carboxylic acids is 1. The highest BCUT2D eigenvalue weighted by Gasteiger charge is 2.18. The number of halogens is 1. The second kappa shape index (κ2) is 6.14. The van der Waals surface area contributed by atoms with Gasteiger partial charge >= 0.3 is 0 Å². The molecule has 0 bridgehead atoms. The third kappa shape index (κ3) is 2.91. The minimum absolute atomic E-state index is 0.140. The van der Waals surface area contributed by atoms with Crippen molar-refractivity contribution in [3.8, 4) is 11.1 Å². The van der Waals surface area contributed by atoms with E-state index in [1.807, 2.05) is 12.3 Å². The zero-order chi connectivity index (χ0) is 17.4. The summed E-state index contributed by atoms with van der Waals surface area (Å²) in [6, 6.07) is 4.90. The van der Waals surface area contributed by atoms with Crippen LogP contribution in [-0.2, 0) is 6.42 Å². The van der Waals surface area contributed by atoms with E-state index >= 15 is 0 Å². The lowest BCUT2D eigenvalue weighted by molar-refractivity contribution is 0.0994. The summed E-state index contributed by atoms with van der Waals surface area (Å²) in [6.07, 6.45) is 4.71. The Morgan fingerprint density at radius 2 is 2.28 bits per heavy atom. The first-order chi connectivity index (χ1) is 12.1. The number of nitrogens with zero attached hydrogens (tertiary/aromatic N) is 5. The molecule has 6 nitrogen and oxygen atoms in total. The van der Waals surface area contributed by atoms with Gasteiger partial charge in [0, 0.05) is 34.6 Å². The number of ketones is 1. The van der Waals surface area contributed by atoms with Gasteiger partial charge in [-0.2, -0.15) is 4.39 Å². The van der Waals surface area contributed by atoms with Crippen LogP contribution in [0.5, 0.6) is 0 Å². The van der Waals surface area contributed by atoms with E-state index in [0.29, 0.717) is 22.3 Å². The van der Waals surface area contributed by atoms with E-state index in [9.17, 15) is 9.18 Å². The second-order valence-electron chi connectivity index (χ2n) is 5.53. The van der Waals surface area contributed by atoms with Gasteiger partial charge in [-0.05, 0) is 25.1 Å². The van der Waals surface area contributed by atoms with Crippen molar-refractivity contribution in [3.05, 3.63) is 64.5 Å². The minimum atomic E-state index is -0.594. The lowest BCUT2D eigenvalue weighted by Crippen LogP contribution is -2.07. The van der Waals surface area contributed by atoms with Crippen LogP contribution in [0, 0.1) is 12.9 Å². The Kier molecular flexibility index (Phi) is 3.81. The molecule has 4 heterocycles. The molecule has 0 aliphatic rings. The minimum Gasteiger partial charge on any atom is -0.294 e. The van der Waals surface area contributed by atoms with Crippen molar-refractivity contribution < 1.29 is 9.18 Å². The molecule has 0 aliphatic heterocycles. The molecule has 0 atom stereocenters. The lowest BCUT2D eigenvalue weighted by atomic mass is 10.0. The molecule has 0 spiro atoms. The van der Waals surface area contributed by atoms with E-state index in [1.54, 1.807) is 28.8 Å². The van der Waals surface area contributed by atoms with Gasteiger partial charge in [0.2, 0.25) is 5.95 Å². The van der Waals surface area contributed by atoms with Gasteiger partial charge < -0.3 is 0 Å². The number of pyridine rings is 2. The van der Waals surface area contributed by atoms with Crippen LogP contribution < -0.4 is 0 Å². The zero-order valence-corrected chi connectivity index (χ0v) is 14.0. The first kappa shape index (κ1) is 15.5. The van der Waals surface area contributed by atoms with Gasteiger partial charge in [0.15, 0.2) is 11.4 Å². The molecule has 0 aliphatic carbocycles. The Balaban J connectivity index is 1.81. The summed E-state index contributed by atoms with van der Waals surface area (Å²) in [6.45, 7) is 1.88. The number of aromatic nitrogens is 5. The van der Waals surface area contributed by atoms with Crippen molar-refractivity contribution in [2.45, 2.75) is 13.3 Å². The maximum Gasteiger partial charge on any atom is 0.220 e. The molecule has 0 unspecified atom stereocenters. The predicted octanol–water partition coefficient (Wildman–Crippen LogP) is 3.12. The molecule has 0 saturated carbocycles. The fourth-order valence-corrected chi connectivity index (χ4v) is 3.38. The van der Waals surface area contributed by atoms with Gasteiger partial charge in [-0.15, -0.1) is 21.5 Å². The summed E-state index contributed by atoms with van der Waals surface area (Å²) in [7, 11) is 0.